The first-order valence-electron chi connectivity index (χ1n) is 7.23. The Hall–Kier alpha value is -1.14. The van der Waals surface area contributed by atoms with Gasteiger partial charge in [-0.3, -0.25) is 9.59 Å². The number of ether oxygens (including phenoxy) is 2. The van der Waals surface area contributed by atoms with E-state index in [1.165, 1.54) is 6.92 Å². The van der Waals surface area contributed by atoms with Gasteiger partial charge < -0.3 is 19.9 Å². The smallest absolute Gasteiger partial charge is 0.325 e. The second kappa shape index (κ2) is 7.75. The molecule has 21 heavy (non-hydrogen) atoms. The van der Waals surface area contributed by atoms with Crippen molar-refractivity contribution in [2.24, 2.45) is 0 Å². The molecular weight excluding hydrogens is 274 g/mol. The van der Waals surface area contributed by atoms with Crippen LogP contribution in [0.15, 0.2) is 0 Å². The molecule has 1 unspecified atom stereocenters. The molecule has 0 aliphatic rings. The summed E-state index contributed by atoms with van der Waals surface area (Å²) in [5, 5.41) is 11.2. The molecule has 1 atom stereocenters. The third-order valence-corrected chi connectivity index (χ3v) is 2.99. The van der Waals surface area contributed by atoms with Crippen molar-refractivity contribution in [3.8, 4) is 0 Å². The molecule has 1 amide bonds. The second-order valence-corrected chi connectivity index (χ2v) is 6.57. The highest BCUT2D eigenvalue weighted by atomic mass is 16.5. The van der Waals surface area contributed by atoms with Crippen LogP contribution in [0.4, 0.5) is 0 Å². The van der Waals surface area contributed by atoms with Gasteiger partial charge in [0, 0.05) is 0 Å². The third-order valence-electron chi connectivity index (χ3n) is 2.99. The molecule has 0 spiro atoms. The molecule has 0 aromatic heterocycles. The Labute approximate surface area is 127 Å². The Kier molecular flexibility index (Phi) is 7.33. The zero-order valence-corrected chi connectivity index (χ0v) is 14.1. The van der Waals surface area contributed by atoms with Gasteiger partial charge >= 0.3 is 5.97 Å². The van der Waals surface area contributed by atoms with Crippen molar-refractivity contribution in [2.45, 2.75) is 78.2 Å². The average molecular weight is 303 g/mol. The van der Waals surface area contributed by atoms with Gasteiger partial charge in [0.2, 0.25) is 0 Å². The predicted molar refractivity (Wildman–Crippen MR) is 80.2 cm³/mol. The van der Waals surface area contributed by atoms with Crippen LogP contribution in [0.5, 0.6) is 0 Å². The maximum atomic E-state index is 12.0. The van der Waals surface area contributed by atoms with Gasteiger partial charge in [-0.15, -0.1) is 0 Å². The van der Waals surface area contributed by atoms with Crippen LogP contribution in [-0.4, -0.2) is 46.9 Å². The highest BCUT2D eigenvalue weighted by molar-refractivity contribution is 5.88. The van der Waals surface area contributed by atoms with Gasteiger partial charge in [0.1, 0.15) is 11.6 Å². The number of nitrogens with one attached hydrogen (secondary N) is 1. The molecule has 0 saturated heterocycles. The number of hydrogen-bond acceptors (Lipinski definition) is 4. The highest BCUT2D eigenvalue weighted by Gasteiger charge is 2.31. The minimum atomic E-state index is -1.09. The minimum Gasteiger partial charge on any atom is -0.480 e. The van der Waals surface area contributed by atoms with E-state index >= 15 is 0 Å². The van der Waals surface area contributed by atoms with Gasteiger partial charge in [-0.2, -0.15) is 0 Å². The summed E-state index contributed by atoms with van der Waals surface area (Å²) in [5.41, 5.74) is -1.42. The van der Waals surface area contributed by atoms with E-state index in [0.717, 1.165) is 0 Å². The molecule has 0 aromatic carbocycles. The van der Waals surface area contributed by atoms with E-state index in [2.05, 4.69) is 5.32 Å². The number of carbonyl (C=O) groups excluding carboxylic acids is 1. The van der Waals surface area contributed by atoms with E-state index in [0.29, 0.717) is 13.0 Å². The standard InChI is InChI=1S/C15H29NO5/c1-10(2)21-14(4,5)8-9-20-15(6,7)13(19)16-11(3)12(17)18/h10-11H,8-9H2,1-7H3,(H,16,19)(H,17,18). The van der Waals surface area contributed by atoms with Crippen LogP contribution in [-0.2, 0) is 19.1 Å². The number of carboxylic acid groups (broad SMARTS) is 1. The second-order valence-electron chi connectivity index (χ2n) is 6.57. The van der Waals surface area contributed by atoms with Crippen LogP contribution in [0.25, 0.3) is 0 Å². The fourth-order valence-electron chi connectivity index (χ4n) is 1.75. The topological polar surface area (TPSA) is 84.9 Å². The third kappa shape index (κ3) is 8.02. The van der Waals surface area contributed by atoms with Crippen molar-refractivity contribution in [1.82, 2.24) is 5.32 Å². The summed E-state index contributed by atoms with van der Waals surface area (Å²) in [7, 11) is 0. The number of amides is 1. The van der Waals surface area contributed by atoms with Gasteiger partial charge in [-0.1, -0.05) is 0 Å². The Morgan fingerprint density at radius 2 is 1.67 bits per heavy atom. The maximum Gasteiger partial charge on any atom is 0.325 e. The molecule has 0 aliphatic carbocycles. The molecule has 0 rings (SSSR count). The first-order chi connectivity index (χ1) is 9.37. The average Bonchev–Trinajstić information content (AvgIpc) is 2.25. The Balaban J connectivity index is 4.35. The fourth-order valence-corrected chi connectivity index (χ4v) is 1.75. The lowest BCUT2D eigenvalue weighted by molar-refractivity contribution is -0.151. The maximum absolute atomic E-state index is 12.0. The number of carboxylic acids is 1. The molecule has 0 radical (unpaired) electrons. The Bertz CT molecular complexity index is 363. The summed E-state index contributed by atoms with van der Waals surface area (Å²) in [6.45, 7) is 12.9. The predicted octanol–water partition coefficient (Wildman–Crippen LogP) is 1.96. The van der Waals surface area contributed by atoms with Crippen molar-refractivity contribution < 1.29 is 24.2 Å². The summed E-state index contributed by atoms with van der Waals surface area (Å²) in [6.07, 6.45) is 0.754. The fraction of sp³-hybridized carbons (Fsp3) is 0.867. The van der Waals surface area contributed by atoms with Crippen molar-refractivity contribution >= 4 is 11.9 Å². The molecule has 6 heteroatoms. The van der Waals surface area contributed by atoms with Crippen LogP contribution in [0, 0.1) is 0 Å². The molecule has 0 bridgehead atoms. The first-order valence-corrected chi connectivity index (χ1v) is 7.23. The van der Waals surface area contributed by atoms with Crippen LogP contribution >= 0.6 is 0 Å². The number of hydrogen-bond donors (Lipinski definition) is 2. The zero-order chi connectivity index (χ0) is 16.8. The van der Waals surface area contributed by atoms with Gasteiger partial charge in [0.05, 0.1) is 18.3 Å². The van der Waals surface area contributed by atoms with Crippen molar-refractivity contribution in [3.05, 3.63) is 0 Å². The molecule has 0 heterocycles. The highest BCUT2D eigenvalue weighted by Crippen LogP contribution is 2.19. The van der Waals surface area contributed by atoms with Crippen molar-refractivity contribution in [1.29, 1.82) is 0 Å². The molecule has 124 valence electrons. The van der Waals surface area contributed by atoms with Crippen molar-refractivity contribution in [2.75, 3.05) is 6.61 Å². The van der Waals surface area contributed by atoms with Gasteiger partial charge in [0.25, 0.3) is 5.91 Å². The largest absolute Gasteiger partial charge is 0.480 e. The van der Waals surface area contributed by atoms with Crippen LogP contribution < -0.4 is 5.32 Å². The molecular formula is C15H29NO5. The minimum absolute atomic E-state index is 0.118. The van der Waals surface area contributed by atoms with Gasteiger partial charge in [-0.25, -0.2) is 0 Å². The summed E-state index contributed by atoms with van der Waals surface area (Å²) >= 11 is 0. The SMILES string of the molecule is CC(C)OC(C)(C)CCOC(C)(C)C(=O)NC(C)C(=O)O. The summed E-state index contributed by atoms with van der Waals surface area (Å²) < 4.78 is 11.4. The summed E-state index contributed by atoms with van der Waals surface area (Å²) in [6, 6.07) is -0.943. The molecule has 0 aliphatic heterocycles. The number of rotatable bonds is 9. The Morgan fingerprint density at radius 1 is 1.14 bits per heavy atom. The molecule has 0 aromatic rings. The van der Waals surface area contributed by atoms with Gasteiger partial charge in [0.15, 0.2) is 0 Å². The quantitative estimate of drug-likeness (QED) is 0.680. The first kappa shape index (κ1) is 19.9. The van der Waals surface area contributed by atoms with Crippen LogP contribution in [0.1, 0.15) is 54.9 Å². The van der Waals surface area contributed by atoms with E-state index < -0.39 is 23.5 Å². The van der Waals surface area contributed by atoms with Crippen molar-refractivity contribution in [3.63, 3.8) is 0 Å². The van der Waals surface area contributed by atoms with E-state index in [4.69, 9.17) is 14.6 Å². The lowest BCUT2D eigenvalue weighted by Crippen LogP contribution is -2.50. The van der Waals surface area contributed by atoms with Crippen LogP contribution in [0.2, 0.25) is 0 Å². The molecule has 0 fully saturated rings. The number of carbonyl (C=O) groups is 2. The molecule has 2 N–H and O–H groups in total. The molecule has 0 saturated carbocycles. The summed E-state index contributed by atoms with van der Waals surface area (Å²) in [4.78, 5) is 22.7. The molecule has 6 nitrogen and oxygen atoms in total. The monoisotopic (exact) mass is 303 g/mol. The van der Waals surface area contributed by atoms with E-state index in [1.54, 1.807) is 13.8 Å². The Morgan fingerprint density at radius 3 is 2.10 bits per heavy atom. The zero-order valence-electron chi connectivity index (χ0n) is 14.1. The lowest BCUT2D eigenvalue weighted by atomic mass is 10.0. The summed E-state index contributed by atoms with van der Waals surface area (Å²) in [5.74, 6) is -1.52. The van der Waals surface area contributed by atoms with Gasteiger partial charge in [-0.05, 0) is 54.9 Å². The number of aliphatic carboxylic acids is 1. The van der Waals surface area contributed by atoms with E-state index in [1.807, 2.05) is 27.7 Å². The van der Waals surface area contributed by atoms with E-state index in [-0.39, 0.29) is 11.7 Å². The lowest BCUT2D eigenvalue weighted by Gasteiger charge is -2.30. The van der Waals surface area contributed by atoms with Crippen LogP contribution in [0.3, 0.4) is 0 Å². The van der Waals surface area contributed by atoms with E-state index in [9.17, 15) is 9.59 Å². The normalized spacial score (nSPS) is 14.1.